The quantitative estimate of drug-likeness (QED) is 0.387. The van der Waals surface area contributed by atoms with Gasteiger partial charge in [-0.3, -0.25) is 0 Å². The lowest BCUT2D eigenvalue weighted by molar-refractivity contribution is 0.210. The molecular formula is C21H40N2S. The van der Waals surface area contributed by atoms with E-state index in [0.717, 1.165) is 22.9 Å². The zero-order valence-electron chi connectivity index (χ0n) is 16.6. The molecule has 2 nitrogen and oxygen atoms in total. The van der Waals surface area contributed by atoms with Crippen LogP contribution in [0.2, 0.25) is 0 Å². The van der Waals surface area contributed by atoms with Gasteiger partial charge < -0.3 is 9.80 Å². The monoisotopic (exact) mass is 352 g/mol. The molecule has 140 valence electrons. The zero-order chi connectivity index (χ0) is 17.5. The van der Waals surface area contributed by atoms with Gasteiger partial charge in [0.25, 0.3) is 0 Å². The maximum Gasteiger partial charge on any atom is 0.171 e. The van der Waals surface area contributed by atoms with E-state index in [0.29, 0.717) is 6.04 Å². The number of thiocarbonyl (C=S) groups is 1. The Hall–Kier alpha value is -0.310. The van der Waals surface area contributed by atoms with Crippen molar-refractivity contribution in [3.05, 3.63) is 0 Å². The third kappa shape index (κ3) is 5.89. The minimum Gasteiger partial charge on any atom is -0.347 e. The Labute approximate surface area is 156 Å². The Kier molecular flexibility index (Phi) is 8.33. The average molecular weight is 353 g/mol. The Balaban J connectivity index is 1.90. The molecule has 24 heavy (non-hydrogen) atoms. The molecule has 1 aliphatic heterocycles. The maximum atomic E-state index is 5.91. The average Bonchev–Trinajstić information content (AvgIpc) is 2.82. The zero-order valence-corrected chi connectivity index (χ0v) is 17.4. The largest absolute Gasteiger partial charge is 0.347 e. The van der Waals surface area contributed by atoms with E-state index in [1.807, 2.05) is 0 Å². The second-order valence-corrected chi connectivity index (χ2v) is 9.22. The second-order valence-electron chi connectivity index (χ2n) is 8.85. The molecule has 0 aromatic rings. The molecule has 2 aliphatic rings. The van der Waals surface area contributed by atoms with Crippen molar-refractivity contribution in [2.24, 2.45) is 17.8 Å². The van der Waals surface area contributed by atoms with Crippen molar-refractivity contribution in [2.45, 2.75) is 91.5 Å². The smallest absolute Gasteiger partial charge is 0.171 e. The third-order valence-electron chi connectivity index (χ3n) is 6.00. The van der Waals surface area contributed by atoms with Crippen LogP contribution in [0, 0.1) is 17.8 Å². The van der Waals surface area contributed by atoms with Gasteiger partial charge in [-0.1, -0.05) is 59.8 Å². The van der Waals surface area contributed by atoms with Gasteiger partial charge >= 0.3 is 0 Å². The molecule has 1 heterocycles. The van der Waals surface area contributed by atoms with Crippen molar-refractivity contribution < 1.29 is 0 Å². The van der Waals surface area contributed by atoms with Crippen molar-refractivity contribution in [1.29, 1.82) is 0 Å². The number of hydrogen-bond acceptors (Lipinski definition) is 1. The Morgan fingerprint density at radius 1 is 1.08 bits per heavy atom. The minimum atomic E-state index is 0.656. The number of nitrogens with zero attached hydrogens (tertiary/aromatic N) is 2. The van der Waals surface area contributed by atoms with Crippen molar-refractivity contribution in [3.63, 3.8) is 0 Å². The Morgan fingerprint density at radius 3 is 2.42 bits per heavy atom. The summed E-state index contributed by atoms with van der Waals surface area (Å²) in [4.78, 5) is 5.14. The van der Waals surface area contributed by atoms with E-state index in [9.17, 15) is 0 Å². The molecule has 0 spiro atoms. The summed E-state index contributed by atoms with van der Waals surface area (Å²) in [6, 6.07) is 0.656. The van der Waals surface area contributed by atoms with Crippen LogP contribution in [0.3, 0.4) is 0 Å². The molecule has 0 radical (unpaired) electrons. The summed E-state index contributed by atoms with van der Waals surface area (Å²) in [5.41, 5.74) is 0. The Bertz CT molecular complexity index is 374. The standard InChI is InChI=1S/C21H40N2S/c1-5-6-7-8-13-22-16-20(14-17(2)3)23(21(22)24)15-19-11-9-18(4)10-12-19/h17-20H,5-16H2,1-4H3/t18?,19?,20-/m1/s1. The molecule has 0 unspecified atom stereocenters. The maximum absolute atomic E-state index is 5.91. The molecule has 1 aliphatic carbocycles. The normalized spacial score (nSPS) is 28.2. The summed E-state index contributed by atoms with van der Waals surface area (Å²) in [5.74, 6) is 2.56. The van der Waals surface area contributed by atoms with Crippen LogP contribution in [-0.2, 0) is 0 Å². The SMILES string of the molecule is CCCCCCN1C[C@@H](CC(C)C)N(CC2CCC(C)CC2)C1=S. The predicted octanol–water partition coefficient (Wildman–Crippen LogP) is 5.71. The topological polar surface area (TPSA) is 6.48 Å². The molecule has 1 atom stereocenters. The number of unbranched alkanes of at least 4 members (excludes halogenated alkanes) is 3. The first-order valence-corrected chi connectivity index (χ1v) is 11.0. The molecule has 0 N–H and O–H groups in total. The molecule has 0 amide bonds. The molecule has 1 saturated carbocycles. The van der Waals surface area contributed by atoms with E-state index < -0.39 is 0 Å². The first kappa shape index (κ1) is 20.0. The van der Waals surface area contributed by atoms with E-state index in [1.54, 1.807) is 0 Å². The fraction of sp³-hybridized carbons (Fsp3) is 0.952. The van der Waals surface area contributed by atoms with Gasteiger partial charge in [-0.15, -0.1) is 0 Å². The summed E-state index contributed by atoms with van der Waals surface area (Å²) in [6.45, 7) is 13.0. The predicted molar refractivity (Wildman–Crippen MR) is 109 cm³/mol. The van der Waals surface area contributed by atoms with Crippen LogP contribution in [0.1, 0.15) is 85.5 Å². The molecule has 2 fully saturated rings. The summed E-state index contributed by atoms with van der Waals surface area (Å²) in [7, 11) is 0. The van der Waals surface area contributed by atoms with Crippen LogP contribution in [0.25, 0.3) is 0 Å². The highest BCUT2D eigenvalue weighted by molar-refractivity contribution is 7.80. The van der Waals surface area contributed by atoms with E-state index in [-0.39, 0.29) is 0 Å². The molecule has 0 aromatic heterocycles. The van der Waals surface area contributed by atoms with Gasteiger partial charge in [0.1, 0.15) is 0 Å². The van der Waals surface area contributed by atoms with Crippen LogP contribution in [-0.4, -0.2) is 40.6 Å². The van der Waals surface area contributed by atoms with Crippen LogP contribution in [0.4, 0.5) is 0 Å². The van der Waals surface area contributed by atoms with Crippen LogP contribution < -0.4 is 0 Å². The van der Waals surface area contributed by atoms with Crippen molar-refractivity contribution in [3.8, 4) is 0 Å². The number of hydrogen-bond donors (Lipinski definition) is 0. The first-order chi connectivity index (χ1) is 11.5. The highest BCUT2D eigenvalue weighted by atomic mass is 32.1. The van der Waals surface area contributed by atoms with Crippen LogP contribution >= 0.6 is 12.2 Å². The fourth-order valence-corrected chi connectivity index (χ4v) is 4.84. The molecule has 2 rings (SSSR count). The second kappa shape index (κ2) is 9.99. The molecular weight excluding hydrogens is 312 g/mol. The van der Waals surface area contributed by atoms with Gasteiger partial charge in [0.05, 0.1) is 0 Å². The summed E-state index contributed by atoms with van der Waals surface area (Å²) < 4.78 is 0. The third-order valence-corrected chi connectivity index (χ3v) is 6.50. The lowest BCUT2D eigenvalue weighted by Gasteiger charge is -2.33. The van der Waals surface area contributed by atoms with Gasteiger partial charge in [-0.05, 0) is 55.7 Å². The van der Waals surface area contributed by atoms with Gasteiger partial charge in [-0.2, -0.15) is 0 Å². The van der Waals surface area contributed by atoms with E-state index in [4.69, 9.17) is 12.2 Å². The van der Waals surface area contributed by atoms with Gasteiger partial charge in [0, 0.05) is 25.7 Å². The lowest BCUT2D eigenvalue weighted by Crippen LogP contribution is -2.40. The molecule has 3 heteroatoms. The van der Waals surface area contributed by atoms with Crippen LogP contribution in [0.15, 0.2) is 0 Å². The van der Waals surface area contributed by atoms with Gasteiger partial charge in [0.2, 0.25) is 0 Å². The summed E-state index contributed by atoms with van der Waals surface area (Å²) >= 11 is 5.91. The van der Waals surface area contributed by atoms with E-state index >= 15 is 0 Å². The fourth-order valence-electron chi connectivity index (χ4n) is 4.45. The van der Waals surface area contributed by atoms with Crippen LogP contribution in [0.5, 0.6) is 0 Å². The molecule has 1 saturated heterocycles. The highest BCUT2D eigenvalue weighted by Gasteiger charge is 2.35. The van der Waals surface area contributed by atoms with Crippen molar-refractivity contribution in [2.75, 3.05) is 19.6 Å². The summed E-state index contributed by atoms with van der Waals surface area (Å²) in [5, 5.41) is 1.16. The lowest BCUT2D eigenvalue weighted by atomic mass is 9.82. The molecule has 0 aromatic carbocycles. The van der Waals surface area contributed by atoms with E-state index in [2.05, 4.69) is 37.5 Å². The van der Waals surface area contributed by atoms with Crippen molar-refractivity contribution >= 4 is 17.3 Å². The Morgan fingerprint density at radius 2 is 1.79 bits per heavy atom. The van der Waals surface area contributed by atoms with E-state index in [1.165, 1.54) is 77.4 Å². The van der Waals surface area contributed by atoms with Gasteiger partial charge in [0.15, 0.2) is 5.11 Å². The summed E-state index contributed by atoms with van der Waals surface area (Å²) in [6.07, 6.45) is 12.3. The van der Waals surface area contributed by atoms with Gasteiger partial charge in [-0.25, -0.2) is 0 Å². The first-order valence-electron chi connectivity index (χ1n) is 10.6. The minimum absolute atomic E-state index is 0.656. The van der Waals surface area contributed by atoms with Crippen molar-refractivity contribution in [1.82, 2.24) is 9.80 Å². The number of rotatable bonds is 9. The highest BCUT2D eigenvalue weighted by Crippen LogP contribution is 2.31. The molecule has 0 bridgehead atoms.